The van der Waals surface area contributed by atoms with Crippen LogP contribution in [0.3, 0.4) is 0 Å². The Kier molecular flexibility index (Phi) is 6.58. The molecule has 1 heterocycles. The molecular weight excluding hydrogens is 300 g/mol. The smallest absolute Gasteiger partial charge is 0.243 e. The van der Waals surface area contributed by atoms with E-state index in [1.54, 1.807) is 0 Å². The summed E-state index contributed by atoms with van der Waals surface area (Å²) in [5.74, 6) is 2.04. The summed E-state index contributed by atoms with van der Waals surface area (Å²) in [4.78, 5) is 6.90. The second kappa shape index (κ2) is 8.26. The zero-order valence-electron chi connectivity index (χ0n) is 15.8. The Balaban J connectivity index is 2.01. The standard InChI is InChI=1S/C19H34N4O/c1-6-19(12-14(2)11-15(3)13-19)18-21-17(24-22-18)16(20)9-7-8-10-23(4)5/h15-16H,2,6-13,20H2,1,3-5H3/t15?,16-,19?/m0/s1. The number of nitrogens with two attached hydrogens (primary N) is 1. The van der Waals surface area contributed by atoms with E-state index in [-0.39, 0.29) is 11.5 Å². The van der Waals surface area contributed by atoms with Gasteiger partial charge in [0.1, 0.15) is 0 Å². The third-order valence-corrected chi connectivity index (χ3v) is 5.25. The zero-order valence-corrected chi connectivity index (χ0v) is 15.8. The number of hydrogen-bond acceptors (Lipinski definition) is 5. The van der Waals surface area contributed by atoms with Crippen LogP contribution in [-0.2, 0) is 5.41 Å². The van der Waals surface area contributed by atoms with Gasteiger partial charge in [-0.25, -0.2) is 0 Å². The second-order valence-corrected chi connectivity index (χ2v) is 7.94. The van der Waals surface area contributed by atoms with Gasteiger partial charge in [-0.15, -0.1) is 0 Å². The molecule has 1 aliphatic carbocycles. The quantitative estimate of drug-likeness (QED) is 0.578. The molecule has 0 aromatic carbocycles. The Bertz CT molecular complexity index is 539. The van der Waals surface area contributed by atoms with Crippen LogP contribution in [0.2, 0.25) is 0 Å². The topological polar surface area (TPSA) is 68.2 Å². The van der Waals surface area contributed by atoms with Crippen molar-refractivity contribution in [2.45, 2.75) is 70.3 Å². The molecule has 0 saturated heterocycles. The Morgan fingerprint density at radius 3 is 2.79 bits per heavy atom. The molecule has 1 aliphatic rings. The normalized spacial score (nSPS) is 26.1. The lowest BCUT2D eigenvalue weighted by Gasteiger charge is -2.38. The van der Waals surface area contributed by atoms with E-state index >= 15 is 0 Å². The predicted octanol–water partition coefficient (Wildman–Crippen LogP) is 3.83. The van der Waals surface area contributed by atoms with Gasteiger partial charge in [-0.1, -0.05) is 37.6 Å². The van der Waals surface area contributed by atoms with Crippen LogP contribution in [0.25, 0.3) is 0 Å². The fourth-order valence-corrected chi connectivity index (χ4v) is 3.97. The summed E-state index contributed by atoms with van der Waals surface area (Å²) in [5.41, 5.74) is 7.54. The van der Waals surface area contributed by atoms with E-state index in [9.17, 15) is 0 Å². The van der Waals surface area contributed by atoms with Gasteiger partial charge < -0.3 is 15.2 Å². The van der Waals surface area contributed by atoms with E-state index in [1.807, 2.05) is 0 Å². The molecule has 0 radical (unpaired) electrons. The van der Waals surface area contributed by atoms with Crippen LogP contribution in [0.5, 0.6) is 0 Å². The summed E-state index contributed by atoms with van der Waals surface area (Å²) >= 11 is 0. The highest BCUT2D eigenvalue weighted by Crippen LogP contribution is 2.45. The molecule has 5 heteroatoms. The van der Waals surface area contributed by atoms with Crippen molar-refractivity contribution >= 4 is 0 Å². The third kappa shape index (κ3) is 4.67. The molecule has 0 spiro atoms. The van der Waals surface area contributed by atoms with Crippen molar-refractivity contribution < 1.29 is 4.52 Å². The monoisotopic (exact) mass is 334 g/mol. The number of unbranched alkanes of at least 4 members (excludes halogenated alkanes) is 1. The molecule has 0 aliphatic heterocycles. The highest BCUT2D eigenvalue weighted by atomic mass is 16.5. The van der Waals surface area contributed by atoms with Crippen molar-refractivity contribution in [3.05, 3.63) is 23.9 Å². The first-order valence-electron chi connectivity index (χ1n) is 9.27. The van der Waals surface area contributed by atoms with Crippen LogP contribution in [0, 0.1) is 5.92 Å². The van der Waals surface area contributed by atoms with Crippen molar-refractivity contribution in [3.63, 3.8) is 0 Å². The number of nitrogens with zero attached hydrogens (tertiary/aromatic N) is 3. The lowest BCUT2D eigenvalue weighted by molar-refractivity contribution is 0.247. The van der Waals surface area contributed by atoms with Crippen molar-refractivity contribution in [3.8, 4) is 0 Å². The van der Waals surface area contributed by atoms with Crippen molar-refractivity contribution in [1.82, 2.24) is 15.0 Å². The zero-order chi connectivity index (χ0) is 17.7. The molecule has 136 valence electrons. The van der Waals surface area contributed by atoms with Crippen LogP contribution >= 0.6 is 0 Å². The Hall–Kier alpha value is -1.20. The highest BCUT2D eigenvalue weighted by molar-refractivity contribution is 5.18. The molecule has 1 saturated carbocycles. The Morgan fingerprint density at radius 2 is 2.17 bits per heavy atom. The van der Waals surface area contributed by atoms with Crippen LogP contribution in [0.1, 0.15) is 76.6 Å². The summed E-state index contributed by atoms with van der Waals surface area (Å²) in [6.45, 7) is 9.80. The van der Waals surface area contributed by atoms with Gasteiger partial charge in [0.25, 0.3) is 0 Å². The van der Waals surface area contributed by atoms with Crippen LogP contribution < -0.4 is 5.73 Å². The maximum atomic E-state index is 6.27. The van der Waals surface area contributed by atoms with E-state index in [2.05, 4.69) is 44.6 Å². The predicted molar refractivity (Wildman–Crippen MR) is 97.8 cm³/mol. The minimum Gasteiger partial charge on any atom is -0.338 e. The SMILES string of the molecule is C=C1CC(C)CC(CC)(c2noc([C@@H](N)CCCCN(C)C)n2)C1. The third-order valence-electron chi connectivity index (χ3n) is 5.25. The highest BCUT2D eigenvalue weighted by Gasteiger charge is 2.40. The minimum atomic E-state index is -0.161. The lowest BCUT2D eigenvalue weighted by Crippen LogP contribution is -2.33. The molecule has 24 heavy (non-hydrogen) atoms. The lowest BCUT2D eigenvalue weighted by atomic mass is 9.66. The first-order valence-corrected chi connectivity index (χ1v) is 9.27. The Morgan fingerprint density at radius 1 is 1.42 bits per heavy atom. The molecule has 1 aromatic heterocycles. The summed E-state index contributed by atoms with van der Waals surface area (Å²) in [6, 6.07) is -0.161. The van der Waals surface area contributed by atoms with Crippen LogP contribution in [0.4, 0.5) is 0 Å². The van der Waals surface area contributed by atoms with Gasteiger partial charge in [-0.3, -0.25) is 0 Å². The van der Waals surface area contributed by atoms with E-state index < -0.39 is 0 Å². The molecular formula is C19H34N4O. The molecule has 0 amide bonds. The van der Waals surface area contributed by atoms with E-state index in [0.29, 0.717) is 11.8 Å². The molecule has 2 rings (SSSR count). The maximum Gasteiger partial charge on any atom is 0.243 e. The number of allylic oxidation sites excluding steroid dienone is 1. The summed E-state index contributed by atoms with van der Waals surface area (Å²) in [6.07, 6.45) is 7.27. The average Bonchev–Trinajstić information content (AvgIpc) is 3.00. The van der Waals surface area contributed by atoms with E-state index in [4.69, 9.17) is 15.2 Å². The molecule has 2 unspecified atom stereocenters. The van der Waals surface area contributed by atoms with E-state index in [0.717, 1.165) is 57.3 Å². The molecule has 2 N–H and O–H groups in total. The van der Waals surface area contributed by atoms with Gasteiger partial charge in [0, 0.05) is 5.41 Å². The molecule has 1 fully saturated rings. The molecule has 1 aromatic rings. The first kappa shape index (κ1) is 19.1. The maximum absolute atomic E-state index is 6.27. The fraction of sp³-hybridized carbons (Fsp3) is 0.789. The van der Waals surface area contributed by atoms with Gasteiger partial charge in [0.2, 0.25) is 5.89 Å². The first-order chi connectivity index (χ1) is 11.4. The van der Waals surface area contributed by atoms with Crippen molar-refractivity contribution in [1.29, 1.82) is 0 Å². The molecule has 3 atom stereocenters. The average molecular weight is 335 g/mol. The summed E-state index contributed by atoms with van der Waals surface area (Å²) < 4.78 is 5.53. The number of rotatable bonds is 8. The van der Waals surface area contributed by atoms with Gasteiger partial charge >= 0.3 is 0 Å². The largest absolute Gasteiger partial charge is 0.338 e. The second-order valence-electron chi connectivity index (χ2n) is 7.94. The van der Waals surface area contributed by atoms with Crippen LogP contribution in [0.15, 0.2) is 16.7 Å². The van der Waals surface area contributed by atoms with Gasteiger partial charge in [-0.05, 0) is 65.1 Å². The van der Waals surface area contributed by atoms with Gasteiger partial charge in [-0.2, -0.15) is 4.98 Å². The van der Waals surface area contributed by atoms with E-state index in [1.165, 1.54) is 5.57 Å². The van der Waals surface area contributed by atoms with Gasteiger partial charge in [0.05, 0.1) is 6.04 Å². The fourth-order valence-electron chi connectivity index (χ4n) is 3.97. The van der Waals surface area contributed by atoms with Crippen LogP contribution in [-0.4, -0.2) is 35.7 Å². The molecule has 5 nitrogen and oxygen atoms in total. The molecule has 0 bridgehead atoms. The van der Waals surface area contributed by atoms with Crippen molar-refractivity contribution in [2.24, 2.45) is 11.7 Å². The van der Waals surface area contributed by atoms with Crippen molar-refractivity contribution in [2.75, 3.05) is 20.6 Å². The number of aromatic nitrogens is 2. The summed E-state index contributed by atoms with van der Waals surface area (Å²) in [7, 11) is 4.18. The minimum absolute atomic E-state index is 0.0266. The summed E-state index contributed by atoms with van der Waals surface area (Å²) in [5, 5.41) is 4.31. The van der Waals surface area contributed by atoms with Gasteiger partial charge in [0.15, 0.2) is 5.82 Å². The number of hydrogen-bond donors (Lipinski definition) is 1. The Labute approximate surface area is 146 Å².